The van der Waals surface area contributed by atoms with Crippen LogP contribution in [0.3, 0.4) is 0 Å². The molecular weight excluding hydrogens is 156 g/mol. The summed E-state index contributed by atoms with van der Waals surface area (Å²) >= 11 is 0. The molecule has 1 rings (SSSR count). The van der Waals surface area contributed by atoms with Crippen molar-refractivity contribution in [3.63, 3.8) is 0 Å². The van der Waals surface area contributed by atoms with Gasteiger partial charge in [0.15, 0.2) is 0 Å². The maximum absolute atomic E-state index is 11.2. The van der Waals surface area contributed by atoms with Crippen molar-refractivity contribution in [2.75, 3.05) is 27.2 Å². The molecule has 0 aliphatic carbocycles. The minimum atomic E-state index is -0.0773. The quantitative estimate of drug-likeness (QED) is 0.468. The van der Waals surface area contributed by atoms with E-state index in [9.17, 15) is 9.59 Å². The van der Waals surface area contributed by atoms with Crippen LogP contribution in [0.2, 0.25) is 0 Å². The smallest absolute Gasteiger partial charge is 0.230 e. The highest BCUT2D eigenvalue weighted by molar-refractivity contribution is 5.95. The van der Waals surface area contributed by atoms with Crippen molar-refractivity contribution >= 4 is 11.8 Å². The fraction of sp³-hybridized carbons (Fsp3) is 0.750. The van der Waals surface area contributed by atoms with Gasteiger partial charge in [-0.3, -0.25) is 14.5 Å². The Morgan fingerprint density at radius 3 is 1.83 bits per heavy atom. The van der Waals surface area contributed by atoms with Gasteiger partial charge in [-0.2, -0.15) is 0 Å². The van der Waals surface area contributed by atoms with E-state index in [0.29, 0.717) is 12.8 Å². The van der Waals surface area contributed by atoms with Crippen molar-refractivity contribution in [3.05, 3.63) is 0 Å². The molecule has 4 nitrogen and oxygen atoms in total. The standard InChI is InChI=1S/C8H14N2O2/c1-9-5-3-7(11)10(2)8(12)4-6-9/h3-6H2,1-2H3. The molecule has 0 bridgehead atoms. The number of amides is 2. The van der Waals surface area contributed by atoms with Gasteiger partial charge < -0.3 is 4.90 Å². The van der Waals surface area contributed by atoms with Crippen LogP contribution in [0.1, 0.15) is 12.8 Å². The molecule has 68 valence electrons. The summed E-state index contributed by atoms with van der Waals surface area (Å²) in [6.45, 7) is 1.49. The van der Waals surface area contributed by atoms with Crippen LogP contribution in [-0.4, -0.2) is 48.8 Å². The summed E-state index contributed by atoms with van der Waals surface area (Å²) in [6, 6.07) is 0. The van der Waals surface area contributed by atoms with Gasteiger partial charge in [-0.15, -0.1) is 0 Å². The Labute approximate surface area is 72.1 Å². The van der Waals surface area contributed by atoms with Crippen LogP contribution in [0.25, 0.3) is 0 Å². The highest BCUT2D eigenvalue weighted by Crippen LogP contribution is 2.02. The third kappa shape index (κ3) is 2.04. The number of hydrogen-bond donors (Lipinski definition) is 0. The molecule has 0 aromatic heterocycles. The van der Waals surface area contributed by atoms with Gasteiger partial charge in [0, 0.05) is 33.0 Å². The van der Waals surface area contributed by atoms with E-state index in [2.05, 4.69) is 0 Å². The molecule has 0 unspecified atom stereocenters. The van der Waals surface area contributed by atoms with Crippen molar-refractivity contribution in [2.45, 2.75) is 12.8 Å². The minimum Gasteiger partial charge on any atom is -0.305 e. The van der Waals surface area contributed by atoms with Crippen LogP contribution in [0, 0.1) is 0 Å². The van der Waals surface area contributed by atoms with E-state index in [-0.39, 0.29) is 11.8 Å². The van der Waals surface area contributed by atoms with Crippen LogP contribution in [0.5, 0.6) is 0 Å². The first-order valence-corrected chi connectivity index (χ1v) is 4.09. The summed E-state index contributed by atoms with van der Waals surface area (Å²) in [7, 11) is 3.47. The topological polar surface area (TPSA) is 40.6 Å². The summed E-state index contributed by atoms with van der Waals surface area (Å²) in [5, 5.41) is 0. The van der Waals surface area contributed by atoms with Gasteiger partial charge >= 0.3 is 0 Å². The van der Waals surface area contributed by atoms with Crippen molar-refractivity contribution < 1.29 is 9.59 Å². The van der Waals surface area contributed by atoms with Gasteiger partial charge in [0.2, 0.25) is 11.8 Å². The number of carbonyl (C=O) groups is 2. The van der Waals surface area contributed by atoms with E-state index in [1.165, 1.54) is 4.90 Å². The average Bonchev–Trinajstić information content (AvgIpc) is 2.07. The first-order chi connectivity index (χ1) is 5.61. The molecule has 0 radical (unpaired) electrons. The van der Waals surface area contributed by atoms with E-state index < -0.39 is 0 Å². The van der Waals surface area contributed by atoms with Crippen LogP contribution < -0.4 is 0 Å². The lowest BCUT2D eigenvalue weighted by Crippen LogP contribution is -2.40. The summed E-state index contributed by atoms with van der Waals surface area (Å²) < 4.78 is 0. The lowest BCUT2D eigenvalue weighted by molar-refractivity contribution is -0.144. The molecule has 0 aromatic rings. The molecule has 0 atom stereocenters. The molecule has 12 heavy (non-hydrogen) atoms. The molecule has 1 saturated heterocycles. The van der Waals surface area contributed by atoms with Crippen LogP contribution in [0.4, 0.5) is 0 Å². The highest BCUT2D eigenvalue weighted by atomic mass is 16.2. The molecule has 0 N–H and O–H groups in total. The maximum atomic E-state index is 11.2. The summed E-state index contributed by atoms with van der Waals surface area (Å²) in [5.41, 5.74) is 0. The normalized spacial score (nSPS) is 22.3. The fourth-order valence-corrected chi connectivity index (χ4v) is 1.16. The third-order valence-corrected chi connectivity index (χ3v) is 2.16. The summed E-state index contributed by atoms with van der Waals surface area (Å²) in [5.74, 6) is -0.155. The predicted molar refractivity (Wildman–Crippen MR) is 44.5 cm³/mol. The van der Waals surface area contributed by atoms with Gasteiger partial charge in [0.05, 0.1) is 0 Å². The lowest BCUT2D eigenvalue weighted by Gasteiger charge is -2.23. The molecule has 1 aliphatic rings. The monoisotopic (exact) mass is 170 g/mol. The highest BCUT2D eigenvalue weighted by Gasteiger charge is 2.19. The first kappa shape index (κ1) is 9.19. The third-order valence-electron chi connectivity index (χ3n) is 2.16. The Hall–Kier alpha value is -0.900. The molecule has 1 fully saturated rings. The number of carbonyl (C=O) groups excluding carboxylic acids is 2. The van der Waals surface area contributed by atoms with E-state index in [1.54, 1.807) is 7.05 Å². The number of hydrogen-bond acceptors (Lipinski definition) is 3. The fourth-order valence-electron chi connectivity index (χ4n) is 1.16. The van der Waals surface area contributed by atoms with Crippen molar-refractivity contribution in [3.8, 4) is 0 Å². The number of nitrogens with zero attached hydrogens (tertiary/aromatic N) is 2. The maximum Gasteiger partial charge on any atom is 0.230 e. The van der Waals surface area contributed by atoms with Gasteiger partial charge in [-0.05, 0) is 7.05 Å². The second-order valence-electron chi connectivity index (χ2n) is 3.15. The molecule has 4 heteroatoms. The van der Waals surface area contributed by atoms with Gasteiger partial charge in [-0.25, -0.2) is 0 Å². The van der Waals surface area contributed by atoms with Crippen LogP contribution in [0.15, 0.2) is 0 Å². The zero-order valence-electron chi connectivity index (χ0n) is 7.54. The Morgan fingerprint density at radius 1 is 1.00 bits per heavy atom. The zero-order chi connectivity index (χ0) is 9.14. The van der Waals surface area contributed by atoms with Gasteiger partial charge in [0.1, 0.15) is 0 Å². The summed E-state index contributed by atoms with van der Waals surface area (Å²) in [6.07, 6.45) is 0.886. The molecule has 0 aromatic carbocycles. The summed E-state index contributed by atoms with van der Waals surface area (Å²) in [4.78, 5) is 25.6. The number of rotatable bonds is 0. The van der Waals surface area contributed by atoms with Crippen molar-refractivity contribution in [1.82, 2.24) is 9.80 Å². The molecule has 1 aliphatic heterocycles. The molecular formula is C8H14N2O2. The van der Waals surface area contributed by atoms with Crippen LogP contribution >= 0.6 is 0 Å². The Balaban J connectivity index is 2.60. The first-order valence-electron chi connectivity index (χ1n) is 4.09. The van der Waals surface area contributed by atoms with Crippen LogP contribution in [-0.2, 0) is 9.59 Å². The molecule has 0 saturated carbocycles. The van der Waals surface area contributed by atoms with E-state index >= 15 is 0 Å². The van der Waals surface area contributed by atoms with E-state index in [1.807, 2.05) is 11.9 Å². The Morgan fingerprint density at radius 2 is 1.42 bits per heavy atom. The molecule has 1 heterocycles. The van der Waals surface area contributed by atoms with E-state index in [4.69, 9.17) is 0 Å². The predicted octanol–water partition coefficient (Wildman–Crippen LogP) is -0.303. The van der Waals surface area contributed by atoms with Crippen molar-refractivity contribution in [2.24, 2.45) is 0 Å². The average molecular weight is 170 g/mol. The second-order valence-corrected chi connectivity index (χ2v) is 3.15. The Bertz CT molecular complexity index is 183. The van der Waals surface area contributed by atoms with Gasteiger partial charge in [0.25, 0.3) is 0 Å². The van der Waals surface area contributed by atoms with Gasteiger partial charge in [-0.1, -0.05) is 0 Å². The Kier molecular flexibility index (Phi) is 2.81. The lowest BCUT2D eigenvalue weighted by atomic mass is 10.2. The van der Waals surface area contributed by atoms with E-state index in [0.717, 1.165) is 13.1 Å². The zero-order valence-corrected chi connectivity index (χ0v) is 7.54. The number of imide groups is 1. The largest absolute Gasteiger partial charge is 0.305 e. The minimum absolute atomic E-state index is 0.0773. The van der Waals surface area contributed by atoms with Crippen molar-refractivity contribution in [1.29, 1.82) is 0 Å². The SMILES string of the molecule is CN1CCC(=O)N(C)C(=O)CC1. The second kappa shape index (κ2) is 3.67. The molecule has 2 amide bonds. The molecule has 0 spiro atoms.